The summed E-state index contributed by atoms with van der Waals surface area (Å²) in [7, 11) is 0. The van der Waals surface area contributed by atoms with Gasteiger partial charge in [-0.1, -0.05) is 0 Å². The smallest absolute Gasteiger partial charge is 0.146 e. The summed E-state index contributed by atoms with van der Waals surface area (Å²) in [4.78, 5) is 4.10. The predicted octanol–water partition coefficient (Wildman–Crippen LogP) is 3.06. The van der Waals surface area contributed by atoms with Gasteiger partial charge in [-0.25, -0.2) is 18.4 Å². The van der Waals surface area contributed by atoms with E-state index in [1.165, 1.54) is 19.3 Å². The third kappa shape index (κ3) is 2.89. The summed E-state index contributed by atoms with van der Waals surface area (Å²) in [5.74, 6) is -0.237. The molecule has 1 aromatic carbocycles. The Kier molecular flexibility index (Phi) is 3.78. The third-order valence-electron chi connectivity index (χ3n) is 2.82. The molecule has 0 saturated carbocycles. The fraction of sp³-hybridized carbons (Fsp3) is 0.385. The van der Waals surface area contributed by atoms with Crippen LogP contribution >= 0.6 is 0 Å². The summed E-state index contributed by atoms with van der Waals surface area (Å²) < 4.78 is 28.8. The van der Waals surface area contributed by atoms with Crippen molar-refractivity contribution in [3.63, 3.8) is 0 Å². The van der Waals surface area contributed by atoms with Gasteiger partial charge in [0.05, 0.1) is 12.2 Å². The number of halogens is 2. The van der Waals surface area contributed by atoms with Crippen LogP contribution in [0, 0.1) is 18.6 Å². The van der Waals surface area contributed by atoms with E-state index in [0.717, 1.165) is 6.07 Å². The first-order valence-electron chi connectivity index (χ1n) is 6.07. The van der Waals surface area contributed by atoms with E-state index in [-0.39, 0.29) is 23.8 Å². The molecule has 0 atom stereocenters. The molecular formula is C13H16F2N4. The number of aryl methyl sites for hydroxylation is 1. The van der Waals surface area contributed by atoms with Crippen LogP contribution in [0.25, 0.3) is 0 Å². The molecule has 1 aromatic heterocycles. The van der Waals surface area contributed by atoms with E-state index in [2.05, 4.69) is 15.4 Å². The summed E-state index contributed by atoms with van der Waals surface area (Å²) in [6.07, 6.45) is 1.45. The molecule has 0 fully saturated rings. The molecule has 0 aliphatic heterocycles. The summed E-state index contributed by atoms with van der Waals surface area (Å²) in [6.45, 7) is 5.77. The molecule has 0 saturated heterocycles. The molecule has 102 valence electrons. The summed E-state index contributed by atoms with van der Waals surface area (Å²) in [5.41, 5.74) is 0.412. The Bertz CT molecular complexity index is 578. The number of hydrogen-bond donors (Lipinski definition) is 1. The molecule has 0 aliphatic rings. The van der Waals surface area contributed by atoms with Crippen LogP contribution in [0.2, 0.25) is 0 Å². The van der Waals surface area contributed by atoms with Crippen molar-refractivity contribution in [2.45, 2.75) is 33.4 Å². The molecule has 2 rings (SSSR count). The van der Waals surface area contributed by atoms with Crippen LogP contribution < -0.4 is 5.32 Å². The molecule has 19 heavy (non-hydrogen) atoms. The second kappa shape index (κ2) is 5.34. The van der Waals surface area contributed by atoms with Crippen LogP contribution in [-0.2, 0) is 6.54 Å². The van der Waals surface area contributed by atoms with E-state index in [1.807, 2.05) is 13.8 Å². The second-order valence-electron chi connectivity index (χ2n) is 4.65. The third-order valence-corrected chi connectivity index (χ3v) is 2.82. The maximum absolute atomic E-state index is 13.6. The van der Waals surface area contributed by atoms with Gasteiger partial charge in [-0.05, 0) is 32.4 Å². The van der Waals surface area contributed by atoms with Gasteiger partial charge in [0.15, 0.2) is 0 Å². The number of hydrogen-bond acceptors (Lipinski definition) is 3. The van der Waals surface area contributed by atoms with Gasteiger partial charge in [-0.15, -0.1) is 0 Å². The van der Waals surface area contributed by atoms with Gasteiger partial charge in [0.1, 0.15) is 23.8 Å². The number of nitrogens with one attached hydrogen (secondary N) is 1. The van der Waals surface area contributed by atoms with Crippen molar-refractivity contribution in [3.8, 4) is 0 Å². The number of benzene rings is 1. The standard InChI is InChI=1S/C13H16F2N4/c1-8(2)19-13(17-7-18-19)6-16-12-5-10(14)9(3)4-11(12)15/h4-5,7-8,16H,6H2,1-3H3. The van der Waals surface area contributed by atoms with Crippen molar-refractivity contribution in [2.24, 2.45) is 0 Å². The summed E-state index contributed by atoms with van der Waals surface area (Å²) in [6, 6.07) is 2.49. The van der Waals surface area contributed by atoms with Gasteiger partial charge in [-0.2, -0.15) is 5.10 Å². The molecule has 0 spiro atoms. The fourth-order valence-electron chi connectivity index (χ4n) is 1.79. The minimum absolute atomic E-state index is 0.126. The van der Waals surface area contributed by atoms with Crippen molar-refractivity contribution in [1.82, 2.24) is 14.8 Å². The molecule has 0 unspecified atom stereocenters. The van der Waals surface area contributed by atoms with E-state index in [1.54, 1.807) is 4.68 Å². The molecule has 4 nitrogen and oxygen atoms in total. The Morgan fingerprint density at radius 1 is 1.26 bits per heavy atom. The number of rotatable bonds is 4. The maximum atomic E-state index is 13.6. The lowest BCUT2D eigenvalue weighted by Crippen LogP contribution is -2.12. The molecule has 2 aromatic rings. The van der Waals surface area contributed by atoms with Crippen molar-refractivity contribution >= 4 is 5.69 Å². The van der Waals surface area contributed by atoms with Gasteiger partial charge in [-0.3, -0.25) is 0 Å². The van der Waals surface area contributed by atoms with Gasteiger partial charge >= 0.3 is 0 Å². The van der Waals surface area contributed by atoms with E-state index < -0.39 is 11.6 Å². The lowest BCUT2D eigenvalue weighted by molar-refractivity contribution is 0.508. The zero-order valence-corrected chi connectivity index (χ0v) is 11.1. The first kappa shape index (κ1) is 13.5. The molecule has 6 heteroatoms. The Hall–Kier alpha value is -1.98. The average Bonchev–Trinajstić information content (AvgIpc) is 2.80. The average molecular weight is 266 g/mol. The quantitative estimate of drug-likeness (QED) is 0.924. The van der Waals surface area contributed by atoms with Crippen LogP contribution in [0.4, 0.5) is 14.5 Å². The molecule has 0 amide bonds. The van der Waals surface area contributed by atoms with Crippen LogP contribution in [0.15, 0.2) is 18.5 Å². The van der Waals surface area contributed by atoms with Gasteiger partial charge < -0.3 is 5.32 Å². The van der Waals surface area contributed by atoms with Crippen molar-refractivity contribution in [1.29, 1.82) is 0 Å². The molecular weight excluding hydrogens is 250 g/mol. The normalized spacial score (nSPS) is 11.1. The van der Waals surface area contributed by atoms with Gasteiger partial charge in [0.2, 0.25) is 0 Å². The highest BCUT2D eigenvalue weighted by molar-refractivity contribution is 5.46. The number of anilines is 1. The maximum Gasteiger partial charge on any atom is 0.146 e. The first-order valence-corrected chi connectivity index (χ1v) is 6.07. The fourth-order valence-corrected chi connectivity index (χ4v) is 1.79. The number of aromatic nitrogens is 3. The Morgan fingerprint density at radius 3 is 2.68 bits per heavy atom. The van der Waals surface area contributed by atoms with Crippen molar-refractivity contribution < 1.29 is 8.78 Å². The van der Waals surface area contributed by atoms with Crippen LogP contribution in [0.5, 0.6) is 0 Å². The lowest BCUT2D eigenvalue weighted by Gasteiger charge is -2.11. The topological polar surface area (TPSA) is 42.7 Å². The zero-order chi connectivity index (χ0) is 14.0. The lowest BCUT2D eigenvalue weighted by atomic mass is 10.2. The second-order valence-corrected chi connectivity index (χ2v) is 4.65. The molecule has 1 heterocycles. The largest absolute Gasteiger partial charge is 0.375 e. The van der Waals surface area contributed by atoms with E-state index in [4.69, 9.17) is 0 Å². The minimum atomic E-state index is -0.477. The summed E-state index contributed by atoms with van der Waals surface area (Å²) >= 11 is 0. The highest BCUT2D eigenvalue weighted by Crippen LogP contribution is 2.19. The molecule has 1 N–H and O–H groups in total. The van der Waals surface area contributed by atoms with Gasteiger partial charge in [0.25, 0.3) is 0 Å². The zero-order valence-electron chi connectivity index (χ0n) is 11.1. The highest BCUT2D eigenvalue weighted by atomic mass is 19.1. The van der Waals surface area contributed by atoms with Crippen LogP contribution in [-0.4, -0.2) is 14.8 Å². The van der Waals surface area contributed by atoms with Crippen molar-refractivity contribution in [3.05, 3.63) is 41.5 Å². The molecule has 0 radical (unpaired) electrons. The molecule has 0 bridgehead atoms. The van der Waals surface area contributed by atoms with E-state index in [0.29, 0.717) is 5.82 Å². The Labute approximate surface area is 110 Å². The first-order chi connectivity index (χ1) is 8.99. The number of nitrogens with zero attached hydrogens (tertiary/aromatic N) is 3. The highest BCUT2D eigenvalue weighted by Gasteiger charge is 2.10. The molecule has 0 aliphatic carbocycles. The van der Waals surface area contributed by atoms with Gasteiger partial charge in [0, 0.05) is 12.1 Å². The minimum Gasteiger partial charge on any atom is -0.375 e. The monoisotopic (exact) mass is 266 g/mol. The van der Waals surface area contributed by atoms with Crippen molar-refractivity contribution in [2.75, 3.05) is 5.32 Å². The van der Waals surface area contributed by atoms with E-state index in [9.17, 15) is 8.78 Å². The summed E-state index contributed by atoms with van der Waals surface area (Å²) in [5, 5.41) is 6.92. The van der Waals surface area contributed by atoms with Crippen LogP contribution in [0.1, 0.15) is 31.3 Å². The Balaban J connectivity index is 2.15. The SMILES string of the molecule is Cc1cc(F)c(NCc2ncnn2C(C)C)cc1F. The predicted molar refractivity (Wildman–Crippen MR) is 68.8 cm³/mol. The Morgan fingerprint density at radius 2 is 2.00 bits per heavy atom. The van der Waals surface area contributed by atoms with E-state index >= 15 is 0 Å². The van der Waals surface area contributed by atoms with Crippen LogP contribution in [0.3, 0.4) is 0 Å².